The molecule has 0 fully saturated rings. The molecule has 0 saturated carbocycles. The lowest BCUT2D eigenvalue weighted by atomic mass is 10.2. The lowest BCUT2D eigenvalue weighted by Crippen LogP contribution is -2.18. The van der Waals surface area contributed by atoms with Gasteiger partial charge in [-0.1, -0.05) is 15.9 Å². The van der Waals surface area contributed by atoms with E-state index in [1.807, 2.05) is 19.1 Å². The van der Waals surface area contributed by atoms with Gasteiger partial charge < -0.3 is 4.74 Å². The van der Waals surface area contributed by atoms with E-state index < -0.39 is 0 Å². The molecule has 0 saturated heterocycles. The second kappa shape index (κ2) is 6.50. The monoisotopic (exact) mass is 340 g/mol. The number of hydrogen-bond donors (Lipinski definition) is 0. The number of nitrogens with zero attached hydrogens (tertiary/aromatic N) is 2. The fourth-order valence-corrected chi connectivity index (χ4v) is 2.99. The molecule has 1 aromatic heterocycles. The molecular weight excluding hydrogens is 324 g/mol. The number of ether oxygens (including phenoxy) is 1. The zero-order valence-electron chi connectivity index (χ0n) is 11.3. The number of hydrogen-bond acceptors (Lipinski definition) is 4. The second-order valence-electron chi connectivity index (χ2n) is 4.49. The molecule has 0 bridgehead atoms. The van der Waals surface area contributed by atoms with E-state index in [1.54, 1.807) is 18.4 Å². The standard InChI is InChI=1S/C14H17BrN2OS/c1-10-16-13(9-19-10)8-17(2)7-11-6-12(15)4-5-14(11)18-3/h4-6,9H,7-8H2,1-3H3. The Bertz CT molecular complexity index is 556. The van der Waals surface area contributed by atoms with Crippen molar-refractivity contribution < 1.29 is 4.74 Å². The van der Waals surface area contributed by atoms with Gasteiger partial charge >= 0.3 is 0 Å². The highest BCUT2D eigenvalue weighted by atomic mass is 79.9. The molecule has 5 heteroatoms. The van der Waals surface area contributed by atoms with E-state index >= 15 is 0 Å². The molecule has 3 nitrogen and oxygen atoms in total. The molecule has 0 aliphatic carbocycles. The number of rotatable bonds is 5. The molecule has 0 unspecified atom stereocenters. The first kappa shape index (κ1) is 14.5. The van der Waals surface area contributed by atoms with E-state index in [0.29, 0.717) is 0 Å². The van der Waals surface area contributed by atoms with Crippen LogP contribution in [0.1, 0.15) is 16.3 Å². The Morgan fingerprint density at radius 1 is 1.37 bits per heavy atom. The van der Waals surface area contributed by atoms with Crippen molar-refractivity contribution in [2.24, 2.45) is 0 Å². The molecule has 0 N–H and O–H groups in total. The fraction of sp³-hybridized carbons (Fsp3) is 0.357. The average molecular weight is 341 g/mol. The first-order valence-electron chi connectivity index (χ1n) is 6.00. The number of thiazole rings is 1. The van der Waals surface area contributed by atoms with Crippen LogP contribution in [0.15, 0.2) is 28.1 Å². The Kier molecular flexibility index (Phi) is 4.96. The van der Waals surface area contributed by atoms with Crippen LogP contribution in [0.2, 0.25) is 0 Å². The summed E-state index contributed by atoms with van der Waals surface area (Å²) in [5, 5.41) is 3.23. The van der Waals surface area contributed by atoms with Crippen molar-refractivity contribution in [1.82, 2.24) is 9.88 Å². The van der Waals surface area contributed by atoms with Gasteiger partial charge in [0.15, 0.2) is 0 Å². The maximum absolute atomic E-state index is 5.39. The highest BCUT2D eigenvalue weighted by molar-refractivity contribution is 9.10. The molecule has 2 rings (SSSR count). The molecule has 1 aromatic carbocycles. The van der Waals surface area contributed by atoms with Crippen molar-refractivity contribution in [3.8, 4) is 5.75 Å². The molecule has 2 aromatic rings. The predicted molar refractivity (Wildman–Crippen MR) is 82.7 cm³/mol. The zero-order valence-corrected chi connectivity index (χ0v) is 13.7. The number of aromatic nitrogens is 1. The van der Waals surface area contributed by atoms with Gasteiger partial charge in [0.05, 0.1) is 17.8 Å². The van der Waals surface area contributed by atoms with Crippen LogP contribution in [0.25, 0.3) is 0 Å². The predicted octanol–water partition coefficient (Wildman–Crippen LogP) is 3.85. The molecule has 0 aliphatic heterocycles. The highest BCUT2D eigenvalue weighted by Crippen LogP contribution is 2.24. The Hall–Kier alpha value is -0.910. The summed E-state index contributed by atoms with van der Waals surface area (Å²) in [5.41, 5.74) is 2.30. The number of methoxy groups -OCH3 is 1. The van der Waals surface area contributed by atoms with Crippen LogP contribution in [0.5, 0.6) is 5.75 Å². The third-order valence-corrected chi connectivity index (χ3v) is 4.10. The maximum atomic E-state index is 5.39. The zero-order chi connectivity index (χ0) is 13.8. The summed E-state index contributed by atoms with van der Waals surface area (Å²) >= 11 is 5.19. The van der Waals surface area contributed by atoms with Crippen molar-refractivity contribution in [3.63, 3.8) is 0 Å². The lowest BCUT2D eigenvalue weighted by molar-refractivity contribution is 0.307. The van der Waals surface area contributed by atoms with E-state index in [9.17, 15) is 0 Å². The minimum Gasteiger partial charge on any atom is -0.496 e. The first-order valence-corrected chi connectivity index (χ1v) is 7.67. The van der Waals surface area contributed by atoms with Crippen LogP contribution in [0, 0.1) is 6.92 Å². The van der Waals surface area contributed by atoms with E-state index in [0.717, 1.165) is 34.0 Å². The summed E-state index contributed by atoms with van der Waals surface area (Å²) < 4.78 is 6.47. The Labute approximate surface area is 126 Å². The molecule has 0 atom stereocenters. The second-order valence-corrected chi connectivity index (χ2v) is 6.46. The molecule has 0 aliphatic rings. The Morgan fingerprint density at radius 3 is 2.79 bits per heavy atom. The van der Waals surface area contributed by atoms with E-state index in [2.05, 4.69) is 44.3 Å². The van der Waals surface area contributed by atoms with Crippen LogP contribution in [-0.4, -0.2) is 24.0 Å². The molecule has 19 heavy (non-hydrogen) atoms. The Balaban J connectivity index is 2.05. The van der Waals surface area contributed by atoms with Gasteiger partial charge in [-0.15, -0.1) is 11.3 Å². The van der Waals surface area contributed by atoms with E-state index in [1.165, 1.54) is 5.56 Å². The highest BCUT2D eigenvalue weighted by Gasteiger charge is 2.09. The van der Waals surface area contributed by atoms with Crippen molar-refractivity contribution in [3.05, 3.63) is 44.3 Å². The van der Waals surface area contributed by atoms with Gasteiger partial charge in [0, 0.05) is 28.5 Å². The van der Waals surface area contributed by atoms with Gasteiger partial charge in [-0.25, -0.2) is 4.98 Å². The van der Waals surface area contributed by atoms with Crippen molar-refractivity contribution in [2.45, 2.75) is 20.0 Å². The number of benzene rings is 1. The molecule has 0 amide bonds. The third kappa shape index (κ3) is 4.03. The third-order valence-electron chi connectivity index (χ3n) is 2.78. The van der Waals surface area contributed by atoms with Gasteiger partial charge in [0.1, 0.15) is 5.75 Å². The van der Waals surface area contributed by atoms with E-state index in [-0.39, 0.29) is 0 Å². The SMILES string of the molecule is COc1ccc(Br)cc1CN(C)Cc1csc(C)n1. The van der Waals surface area contributed by atoms with Crippen molar-refractivity contribution >= 4 is 27.3 Å². The van der Waals surface area contributed by atoms with Crippen LogP contribution in [0.3, 0.4) is 0 Å². The normalized spacial score (nSPS) is 11.0. The summed E-state index contributed by atoms with van der Waals surface area (Å²) in [6.07, 6.45) is 0. The first-order chi connectivity index (χ1) is 9.08. The molecule has 0 radical (unpaired) electrons. The topological polar surface area (TPSA) is 25.4 Å². The van der Waals surface area contributed by atoms with Crippen LogP contribution in [-0.2, 0) is 13.1 Å². The van der Waals surface area contributed by atoms with E-state index in [4.69, 9.17) is 4.74 Å². The minimum atomic E-state index is 0.833. The number of halogens is 1. The Morgan fingerprint density at radius 2 is 2.16 bits per heavy atom. The van der Waals surface area contributed by atoms with Gasteiger partial charge in [-0.2, -0.15) is 0 Å². The quantitative estimate of drug-likeness (QED) is 0.826. The lowest BCUT2D eigenvalue weighted by Gasteiger charge is -2.17. The molecule has 102 valence electrons. The van der Waals surface area contributed by atoms with Crippen molar-refractivity contribution in [2.75, 3.05) is 14.2 Å². The summed E-state index contributed by atoms with van der Waals surface area (Å²) in [5.74, 6) is 0.921. The minimum absolute atomic E-state index is 0.833. The largest absolute Gasteiger partial charge is 0.496 e. The number of aryl methyl sites for hydroxylation is 1. The van der Waals surface area contributed by atoms with Gasteiger partial charge in [-0.3, -0.25) is 4.90 Å². The summed E-state index contributed by atoms with van der Waals surface area (Å²) in [6, 6.07) is 6.08. The van der Waals surface area contributed by atoms with Gasteiger partial charge in [0.2, 0.25) is 0 Å². The maximum Gasteiger partial charge on any atom is 0.123 e. The summed E-state index contributed by atoms with van der Waals surface area (Å²) in [7, 11) is 3.80. The van der Waals surface area contributed by atoms with Crippen molar-refractivity contribution in [1.29, 1.82) is 0 Å². The molecule has 1 heterocycles. The fourth-order valence-electron chi connectivity index (χ4n) is 1.97. The van der Waals surface area contributed by atoms with Gasteiger partial charge in [0.25, 0.3) is 0 Å². The summed E-state index contributed by atoms with van der Waals surface area (Å²) in [4.78, 5) is 6.72. The summed E-state index contributed by atoms with van der Waals surface area (Å²) in [6.45, 7) is 3.71. The average Bonchev–Trinajstić information content (AvgIpc) is 2.75. The van der Waals surface area contributed by atoms with Crippen LogP contribution < -0.4 is 4.74 Å². The molecular formula is C14H17BrN2OS. The molecule has 0 spiro atoms. The van der Waals surface area contributed by atoms with Gasteiger partial charge in [-0.05, 0) is 32.2 Å². The smallest absolute Gasteiger partial charge is 0.123 e. The van der Waals surface area contributed by atoms with Crippen LogP contribution >= 0.6 is 27.3 Å². The van der Waals surface area contributed by atoms with Crippen LogP contribution in [0.4, 0.5) is 0 Å².